The molecule has 0 aromatic carbocycles. The van der Waals surface area contributed by atoms with Gasteiger partial charge in [-0.3, -0.25) is 0 Å². The smallest absolute Gasteiger partial charge is 0.196 e. The van der Waals surface area contributed by atoms with Gasteiger partial charge in [-0.2, -0.15) is 0 Å². The van der Waals surface area contributed by atoms with Gasteiger partial charge in [0.1, 0.15) is 0 Å². The number of rotatable bonds is 2. The lowest BCUT2D eigenvalue weighted by molar-refractivity contribution is 0.569. The van der Waals surface area contributed by atoms with Crippen LogP contribution in [0.5, 0.6) is 0 Å². The number of fused-ring (bicyclic) bond motifs is 1. The Hall–Kier alpha value is -1.68. The Morgan fingerprint density at radius 3 is 2.94 bits per heavy atom. The van der Waals surface area contributed by atoms with Gasteiger partial charge >= 0.3 is 0 Å². The maximum Gasteiger partial charge on any atom is 0.196 e. The van der Waals surface area contributed by atoms with E-state index in [9.17, 15) is 0 Å². The monoisotopic (exact) mass is 243 g/mol. The topological polar surface area (TPSA) is 51.0 Å². The van der Waals surface area contributed by atoms with Crippen LogP contribution < -0.4 is 5.32 Å². The molecular weight excluding hydrogens is 226 g/mol. The highest BCUT2D eigenvalue weighted by atomic mass is 16.3. The largest absolute Gasteiger partial charge is 0.461 e. The molecule has 0 saturated heterocycles. The molecule has 2 aromatic rings. The van der Waals surface area contributed by atoms with Crippen molar-refractivity contribution in [3.8, 4) is 11.6 Å². The molecule has 4 nitrogen and oxygen atoms in total. The summed E-state index contributed by atoms with van der Waals surface area (Å²) in [4.78, 5) is 9.33. The van der Waals surface area contributed by atoms with Crippen molar-refractivity contribution in [2.75, 3.05) is 6.54 Å². The van der Waals surface area contributed by atoms with Crippen LogP contribution in [0.4, 0.5) is 0 Å². The van der Waals surface area contributed by atoms with Gasteiger partial charge in [0.15, 0.2) is 11.6 Å². The summed E-state index contributed by atoms with van der Waals surface area (Å²) >= 11 is 0. The molecule has 1 N–H and O–H groups in total. The van der Waals surface area contributed by atoms with Crippen LogP contribution in [0, 0.1) is 0 Å². The van der Waals surface area contributed by atoms with E-state index in [1.807, 2.05) is 12.1 Å². The zero-order chi connectivity index (χ0) is 12.5. The van der Waals surface area contributed by atoms with Gasteiger partial charge in [-0.1, -0.05) is 13.8 Å². The van der Waals surface area contributed by atoms with E-state index in [1.54, 1.807) is 6.26 Å². The first kappa shape index (κ1) is 11.4. The van der Waals surface area contributed by atoms with Gasteiger partial charge in [-0.05, 0) is 36.6 Å². The van der Waals surface area contributed by atoms with Crippen molar-refractivity contribution in [3.05, 3.63) is 35.3 Å². The fourth-order valence-electron chi connectivity index (χ4n) is 2.38. The lowest BCUT2D eigenvalue weighted by Crippen LogP contribution is -2.27. The predicted octanol–water partition coefficient (Wildman–Crippen LogP) is 2.51. The lowest BCUT2D eigenvalue weighted by atomic mass is 9.97. The maximum absolute atomic E-state index is 5.40. The zero-order valence-electron chi connectivity index (χ0n) is 10.7. The molecule has 18 heavy (non-hydrogen) atoms. The van der Waals surface area contributed by atoms with E-state index in [4.69, 9.17) is 9.40 Å². The molecule has 0 radical (unpaired) electrons. The van der Waals surface area contributed by atoms with E-state index >= 15 is 0 Å². The lowest BCUT2D eigenvalue weighted by Gasteiger charge is -2.21. The van der Waals surface area contributed by atoms with Crippen LogP contribution in [-0.2, 0) is 13.0 Å². The van der Waals surface area contributed by atoms with E-state index in [-0.39, 0.29) is 0 Å². The molecule has 2 aromatic heterocycles. The van der Waals surface area contributed by atoms with Crippen LogP contribution in [0.3, 0.4) is 0 Å². The third-order valence-electron chi connectivity index (χ3n) is 3.26. The SMILES string of the molecule is CC(C)c1nc(-c2ccco2)nc2c1CCNC2. The second-order valence-corrected chi connectivity index (χ2v) is 4.92. The molecule has 0 unspecified atom stereocenters. The minimum Gasteiger partial charge on any atom is -0.461 e. The second kappa shape index (κ2) is 4.53. The van der Waals surface area contributed by atoms with Crippen molar-refractivity contribution in [2.24, 2.45) is 0 Å². The van der Waals surface area contributed by atoms with E-state index in [0.29, 0.717) is 11.7 Å². The van der Waals surface area contributed by atoms with Gasteiger partial charge in [0.2, 0.25) is 0 Å². The average molecular weight is 243 g/mol. The normalized spacial score (nSPS) is 14.8. The number of furan rings is 1. The first-order valence-corrected chi connectivity index (χ1v) is 6.40. The number of nitrogens with one attached hydrogen (secondary N) is 1. The first-order chi connectivity index (χ1) is 8.75. The Labute approximate surface area is 106 Å². The summed E-state index contributed by atoms with van der Waals surface area (Å²) in [6.45, 7) is 6.19. The Morgan fingerprint density at radius 1 is 1.33 bits per heavy atom. The van der Waals surface area contributed by atoms with Crippen LogP contribution in [0.1, 0.15) is 36.7 Å². The van der Waals surface area contributed by atoms with Crippen molar-refractivity contribution in [3.63, 3.8) is 0 Å². The highest BCUT2D eigenvalue weighted by molar-refractivity contribution is 5.49. The van der Waals surface area contributed by atoms with E-state index in [2.05, 4.69) is 24.1 Å². The standard InChI is InChI=1S/C14H17N3O/c1-9(2)13-10-5-6-15-8-11(10)16-14(17-13)12-4-3-7-18-12/h3-4,7,9,15H,5-6,8H2,1-2H3. The molecular formula is C14H17N3O. The molecule has 0 spiro atoms. The summed E-state index contributed by atoms with van der Waals surface area (Å²) in [7, 11) is 0. The third-order valence-corrected chi connectivity index (χ3v) is 3.26. The van der Waals surface area contributed by atoms with Gasteiger partial charge in [-0.15, -0.1) is 0 Å². The van der Waals surface area contributed by atoms with Crippen molar-refractivity contribution in [1.82, 2.24) is 15.3 Å². The molecule has 3 rings (SSSR count). The van der Waals surface area contributed by atoms with Gasteiger partial charge in [0, 0.05) is 6.54 Å². The van der Waals surface area contributed by atoms with Crippen molar-refractivity contribution >= 4 is 0 Å². The van der Waals surface area contributed by atoms with E-state index in [1.165, 1.54) is 5.56 Å². The minimum atomic E-state index is 0.411. The summed E-state index contributed by atoms with van der Waals surface area (Å²) in [6.07, 6.45) is 2.67. The molecule has 94 valence electrons. The van der Waals surface area contributed by atoms with Crippen LogP contribution in [-0.4, -0.2) is 16.5 Å². The van der Waals surface area contributed by atoms with Crippen LogP contribution in [0.2, 0.25) is 0 Å². The fraction of sp³-hybridized carbons (Fsp3) is 0.429. The van der Waals surface area contributed by atoms with Gasteiger partial charge in [0.25, 0.3) is 0 Å². The summed E-state index contributed by atoms with van der Waals surface area (Å²) in [5, 5.41) is 3.36. The molecule has 0 fully saturated rings. The Kier molecular flexibility index (Phi) is 2.88. The first-order valence-electron chi connectivity index (χ1n) is 6.40. The highest BCUT2D eigenvalue weighted by Crippen LogP contribution is 2.26. The number of nitrogens with zero attached hydrogens (tertiary/aromatic N) is 2. The molecule has 0 amide bonds. The predicted molar refractivity (Wildman–Crippen MR) is 69.2 cm³/mol. The number of hydrogen-bond donors (Lipinski definition) is 1. The number of hydrogen-bond acceptors (Lipinski definition) is 4. The Balaban J connectivity index is 2.15. The Morgan fingerprint density at radius 2 is 2.22 bits per heavy atom. The van der Waals surface area contributed by atoms with E-state index in [0.717, 1.165) is 36.7 Å². The quantitative estimate of drug-likeness (QED) is 0.880. The van der Waals surface area contributed by atoms with Crippen LogP contribution >= 0.6 is 0 Å². The number of aromatic nitrogens is 2. The highest BCUT2D eigenvalue weighted by Gasteiger charge is 2.20. The van der Waals surface area contributed by atoms with E-state index < -0.39 is 0 Å². The summed E-state index contributed by atoms with van der Waals surface area (Å²) in [5.41, 5.74) is 3.60. The summed E-state index contributed by atoms with van der Waals surface area (Å²) < 4.78 is 5.40. The summed E-state index contributed by atoms with van der Waals surface area (Å²) in [6, 6.07) is 3.77. The van der Waals surface area contributed by atoms with Gasteiger partial charge < -0.3 is 9.73 Å². The zero-order valence-corrected chi connectivity index (χ0v) is 10.7. The second-order valence-electron chi connectivity index (χ2n) is 4.92. The van der Waals surface area contributed by atoms with Gasteiger partial charge in [-0.25, -0.2) is 9.97 Å². The third kappa shape index (κ3) is 1.93. The van der Waals surface area contributed by atoms with Crippen molar-refractivity contribution in [2.45, 2.75) is 32.7 Å². The van der Waals surface area contributed by atoms with Crippen molar-refractivity contribution < 1.29 is 4.42 Å². The maximum atomic E-state index is 5.40. The molecule has 1 aliphatic rings. The Bertz CT molecular complexity index is 546. The van der Waals surface area contributed by atoms with Crippen LogP contribution in [0.25, 0.3) is 11.6 Å². The van der Waals surface area contributed by atoms with Crippen LogP contribution in [0.15, 0.2) is 22.8 Å². The molecule has 3 heterocycles. The fourth-order valence-corrected chi connectivity index (χ4v) is 2.38. The molecule has 0 bridgehead atoms. The molecule has 4 heteroatoms. The molecule has 0 aliphatic carbocycles. The molecule has 1 aliphatic heterocycles. The molecule has 0 saturated carbocycles. The van der Waals surface area contributed by atoms with Crippen molar-refractivity contribution in [1.29, 1.82) is 0 Å². The summed E-state index contributed by atoms with van der Waals surface area (Å²) in [5.74, 6) is 1.85. The molecule has 0 atom stereocenters. The average Bonchev–Trinajstić information content (AvgIpc) is 2.91. The van der Waals surface area contributed by atoms with Gasteiger partial charge in [0.05, 0.1) is 17.7 Å². The minimum absolute atomic E-state index is 0.411.